The maximum absolute atomic E-state index is 13.0. The third kappa shape index (κ3) is 3.95. The van der Waals surface area contributed by atoms with Crippen LogP contribution in [-0.2, 0) is 15.1 Å². The number of halogens is 1. The Kier molecular flexibility index (Phi) is 5.48. The molecule has 4 rings (SSSR count). The summed E-state index contributed by atoms with van der Waals surface area (Å²) in [5.41, 5.74) is 7.95. The average molecular weight is 413 g/mol. The van der Waals surface area contributed by atoms with Crippen molar-refractivity contribution in [3.63, 3.8) is 0 Å². The Morgan fingerprint density at radius 2 is 1.90 bits per heavy atom. The van der Waals surface area contributed by atoms with Crippen molar-refractivity contribution in [3.05, 3.63) is 59.1 Å². The Bertz CT molecular complexity index is 928. The molecule has 0 aromatic heterocycles. The van der Waals surface area contributed by atoms with Crippen molar-refractivity contribution in [2.24, 2.45) is 10.7 Å². The number of carbonyl (C=O) groups is 1. The fraction of sp³-hybridized carbons (Fsp3) is 0.364. The molecule has 2 aromatic rings. The van der Waals surface area contributed by atoms with Gasteiger partial charge < -0.3 is 15.8 Å². The number of carbonyl (C=O) groups excluding carboxylic acids is 1. The molecule has 0 radical (unpaired) electrons. The van der Waals surface area contributed by atoms with Gasteiger partial charge in [-0.1, -0.05) is 41.9 Å². The highest BCUT2D eigenvalue weighted by atomic mass is 35.5. The van der Waals surface area contributed by atoms with Crippen molar-refractivity contribution in [1.82, 2.24) is 4.90 Å². The van der Waals surface area contributed by atoms with Gasteiger partial charge in [0, 0.05) is 30.5 Å². The minimum atomic E-state index is -0.811. The van der Waals surface area contributed by atoms with E-state index in [1.165, 1.54) is 0 Å². The fourth-order valence-corrected chi connectivity index (χ4v) is 4.44. The van der Waals surface area contributed by atoms with Gasteiger partial charge in [0.05, 0.1) is 22.7 Å². The van der Waals surface area contributed by atoms with Crippen LogP contribution in [0, 0.1) is 0 Å². The molecule has 0 unspecified atom stereocenters. The number of nitrogens with two attached hydrogens (primary N) is 1. The van der Waals surface area contributed by atoms with E-state index in [9.17, 15) is 4.79 Å². The Morgan fingerprint density at radius 1 is 1.17 bits per heavy atom. The summed E-state index contributed by atoms with van der Waals surface area (Å²) >= 11 is 6.75. The van der Waals surface area contributed by atoms with Crippen LogP contribution in [-0.4, -0.2) is 36.0 Å². The van der Waals surface area contributed by atoms with E-state index < -0.39 is 5.54 Å². The predicted octanol–water partition coefficient (Wildman–Crippen LogP) is 4.02. The van der Waals surface area contributed by atoms with Gasteiger partial charge >= 0.3 is 0 Å². The topological polar surface area (TPSA) is 80.0 Å². The number of aliphatic imine (C=N–C) groups is 1. The SMILES string of the molecule is C[C@@]1(c2cccc(Nc3ccccc3)c2Cl)CC(=O)N(C2CCOCC2)C(N)=N1. The first kappa shape index (κ1) is 19.7. The van der Waals surface area contributed by atoms with E-state index in [0.717, 1.165) is 29.8 Å². The summed E-state index contributed by atoms with van der Waals surface area (Å²) in [6.45, 7) is 3.18. The van der Waals surface area contributed by atoms with E-state index in [-0.39, 0.29) is 24.3 Å². The third-order valence-corrected chi connectivity index (χ3v) is 5.97. The second-order valence-corrected chi connectivity index (χ2v) is 8.06. The van der Waals surface area contributed by atoms with Crippen molar-refractivity contribution < 1.29 is 9.53 Å². The minimum absolute atomic E-state index is 0.0237. The molecule has 2 heterocycles. The van der Waals surface area contributed by atoms with Crippen molar-refractivity contribution >= 4 is 34.8 Å². The van der Waals surface area contributed by atoms with Crippen molar-refractivity contribution in [2.45, 2.75) is 37.8 Å². The van der Waals surface area contributed by atoms with Gasteiger partial charge in [0.25, 0.3) is 0 Å². The van der Waals surface area contributed by atoms with Gasteiger partial charge in [0.1, 0.15) is 0 Å². The Balaban J connectivity index is 1.65. The molecule has 2 aliphatic heterocycles. The summed E-state index contributed by atoms with van der Waals surface area (Å²) in [7, 11) is 0. The fourth-order valence-electron chi connectivity index (χ4n) is 4.06. The van der Waals surface area contributed by atoms with Crippen molar-refractivity contribution in [1.29, 1.82) is 0 Å². The van der Waals surface area contributed by atoms with Gasteiger partial charge in [-0.25, -0.2) is 4.99 Å². The lowest BCUT2D eigenvalue weighted by Crippen LogP contribution is -2.55. The molecule has 2 aliphatic rings. The molecule has 0 saturated carbocycles. The van der Waals surface area contributed by atoms with Crippen LogP contribution in [0.2, 0.25) is 5.02 Å². The number of anilines is 2. The maximum Gasteiger partial charge on any atom is 0.232 e. The number of nitrogens with zero attached hydrogens (tertiary/aromatic N) is 2. The normalized spacial score (nSPS) is 23.0. The van der Waals surface area contributed by atoms with Crippen LogP contribution in [0.4, 0.5) is 11.4 Å². The highest BCUT2D eigenvalue weighted by molar-refractivity contribution is 6.34. The predicted molar refractivity (Wildman–Crippen MR) is 115 cm³/mol. The van der Waals surface area contributed by atoms with E-state index in [0.29, 0.717) is 18.2 Å². The van der Waals surface area contributed by atoms with Crippen molar-refractivity contribution in [2.75, 3.05) is 18.5 Å². The Hall–Kier alpha value is -2.57. The van der Waals surface area contributed by atoms with Crippen molar-refractivity contribution in [3.8, 4) is 0 Å². The molecule has 2 aromatic carbocycles. The standard InChI is InChI=1S/C22H25ClN4O2/c1-22(14-19(28)27(21(24)26-22)16-10-12-29-13-11-16)17-8-5-9-18(20(17)23)25-15-6-3-2-4-7-15/h2-9,16,25H,10-14H2,1H3,(H2,24,26)/t22-/m0/s1. The van der Waals surface area contributed by atoms with E-state index >= 15 is 0 Å². The second-order valence-electron chi connectivity index (χ2n) is 7.69. The summed E-state index contributed by atoms with van der Waals surface area (Å²) < 4.78 is 5.41. The first-order valence-corrected chi connectivity index (χ1v) is 10.2. The third-order valence-electron chi connectivity index (χ3n) is 5.56. The summed E-state index contributed by atoms with van der Waals surface area (Å²) in [5, 5.41) is 3.88. The van der Waals surface area contributed by atoms with Crippen LogP contribution in [0.1, 0.15) is 31.7 Å². The number of para-hydroxylation sites is 1. The molecule has 0 aliphatic carbocycles. The summed E-state index contributed by atoms with van der Waals surface area (Å²) in [6.07, 6.45) is 1.77. The molecule has 3 N–H and O–H groups in total. The van der Waals surface area contributed by atoms with Gasteiger partial charge in [-0.2, -0.15) is 0 Å². The van der Waals surface area contributed by atoms with Crippen LogP contribution >= 0.6 is 11.6 Å². The van der Waals surface area contributed by atoms with Crippen LogP contribution < -0.4 is 11.1 Å². The maximum atomic E-state index is 13.0. The number of benzene rings is 2. The molecule has 1 atom stereocenters. The van der Waals surface area contributed by atoms with Gasteiger partial charge in [-0.15, -0.1) is 0 Å². The monoisotopic (exact) mass is 412 g/mol. The molecule has 1 saturated heterocycles. The Labute approximate surface area is 175 Å². The quantitative estimate of drug-likeness (QED) is 0.794. The largest absolute Gasteiger partial charge is 0.381 e. The zero-order chi connectivity index (χ0) is 20.4. The number of nitrogens with one attached hydrogen (secondary N) is 1. The molecular weight excluding hydrogens is 388 g/mol. The van der Waals surface area contributed by atoms with Crippen LogP contribution in [0.25, 0.3) is 0 Å². The lowest BCUT2D eigenvalue weighted by Gasteiger charge is -2.40. The van der Waals surface area contributed by atoms with Gasteiger partial charge in [0.15, 0.2) is 5.96 Å². The zero-order valence-corrected chi connectivity index (χ0v) is 17.2. The second kappa shape index (κ2) is 8.05. The van der Waals surface area contributed by atoms with E-state index in [1.807, 2.05) is 55.5 Å². The average Bonchev–Trinajstić information content (AvgIpc) is 2.70. The number of ether oxygens (including phenoxy) is 1. The smallest absolute Gasteiger partial charge is 0.232 e. The van der Waals surface area contributed by atoms with E-state index in [2.05, 4.69) is 5.32 Å². The lowest BCUT2D eigenvalue weighted by atomic mass is 9.86. The molecular formula is C22H25ClN4O2. The molecule has 29 heavy (non-hydrogen) atoms. The number of amides is 1. The lowest BCUT2D eigenvalue weighted by molar-refractivity contribution is -0.132. The highest BCUT2D eigenvalue weighted by Gasteiger charge is 2.41. The molecule has 6 nitrogen and oxygen atoms in total. The highest BCUT2D eigenvalue weighted by Crippen LogP contribution is 2.41. The number of guanidine groups is 1. The Morgan fingerprint density at radius 3 is 2.59 bits per heavy atom. The molecule has 0 spiro atoms. The summed E-state index contributed by atoms with van der Waals surface area (Å²) in [4.78, 5) is 19.4. The van der Waals surface area contributed by atoms with Gasteiger partial charge in [-0.3, -0.25) is 9.69 Å². The van der Waals surface area contributed by atoms with E-state index in [4.69, 9.17) is 27.1 Å². The summed E-state index contributed by atoms with van der Waals surface area (Å²) in [6, 6.07) is 15.6. The molecule has 152 valence electrons. The van der Waals surface area contributed by atoms with Crippen LogP contribution in [0.15, 0.2) is 53.5 Å². The van der Waals surface area contributed by atoms with E-state index in [1.54, 1.807) is 4.90 Å². The molecule has 1 amide bonds. The number of rotatable bonds is 4. The number of hydrogen-bond acceptors (Lipinski definition) is 5. The summed E-state index contributed by atoms with van der Waals surface area (Å²) in [5.74, 6) is 0.234. The first-order valence-electron chi connectivity index (χ1n) is 9.84. The minimum Gasteiger partial charge on any atom is -0.381 e. The van der Waals surface area contributed by atoms with Crippen LogP contribution in [0.3, 0.4) is 0 Å². The first-order chi connectivity index (χ1) is 14.0. The van der Waals surface area contributed by atoms with Gasteiger partial charge in [-0.05, 0) is 38.0 Å². The molecule has 1 fully saturated rings. The van der Waals surface area contributed by atoms with Gasteiger partial charge in [0.2, 0.25) is 5.91 Å². The molecule has 7 heteroatoms. The molecule has 0 bridgehead atoms. The zero-order valence-electron chi connectivity index (χ0n) is 16.4. The number of hydrogen-bond donors (Lipinski definition) is 2. The van der Waals surface area contributed by atoms with Crippen LogP contribution in [0.5, 0.6) is 0 Å².